The summed E-state index contributed by atoms with van der Waals surface area (Å²) >= 11 is 0. The Labute approximate surface area is 124 Å². The van der Waals surface area contributed by atoms with Crippen LogP contribution < -0.4 is 10.6 Å². The van der Waals surface area contributed by atoms with Crippen molar-refractivity contribution in [3.8, 4) is 0 Å². The maximum absolute atomic E-state index is 4.39. The highest BCUT2D eigenvalue weighted by Crippen LogP contribution is 2.24. The summed E-state index contributed by atoms with van der Waals surface area (Å²) < 4.78 is 0. The van der Waals surface area contributed by atoms with Crippen LogP contribution in [-0.4, -0.2) is 32.2 Å². The van der Waals surface area contributed by atoms with E-state index in [1.807, 2.05) is 26.1 Å². The van der Waals surface area contributed by atoms with Crippen molar-refractivity contribution in [3.63, 3.8) is 0 Å². The number of hydrogen-bond donors (Lipinski definition) is 2. The Morgan fingerprint density at radius 2 is 1.76 bits per heavy atom. The quantitative estimate of drug-likeness (QED) is 0.897. The molecule has 0 aliphatic heterocycles. The van der Waals surface area contributed by atoms with Crippen LogP contribution in [0.4, 0.5) is 11.8 Å². The first-order chi connectivity index (χ1) is 10.2. The van der Waals surface area contributed by atoms with Gasteiger partial charge in [-0.2, -0.15) is 5.10 Å². The lowest BCUT2D eigenvalue weighted by atomic mass is 10.2. The SMILES string of the molecule is Cc1ccc(N[C@H]2CC[C@H](Nc3ncc(C)nn3)C2)nc1. The van der Waals surface area contributed by atoms with E-state index in [0.717, 1.165) is 30.8 Å². The lowest BCUT2D eigenvalue weighted by Gasteiger charge is -2.15. The zero-order valence-electron chi connectivity index (χ0n) is 12.4. The molecule has 0 unspecified atom stereocenters. The number of pyridine rings is 1. The zero-order valence-corrected chi connectivity index (χ0v) is 12.4. The minimum Gasteiger partial charge on any atom is -0.367 e. The Kier molecular flexibility index (Phi) is 3.94. The molecule has 0 spiro atoms. The summed E-state index contributed by atoms with van der Waals surface area (Å²) in [6.45, 7) is 3.93. The Hall–Kier alpha value is -2.24. The van der Waals surface area contributed by atoms with Crippen molar-refractivity contribution >= 4 is 11.8 Å². The van der Waals surface area contributed by atoms with E-state index >= 15 is 0 Å². The third kappa shape index (κ3) is 3.65. The monoisotopic (exact) mass is 284 g/mol. The van der Waals surface area contributed by atoms with E-state index in [2.05, 4.69) is 36.9 Å². The molecule has 0 saturated heterocycles. The van der Waals surface area contributed by atoms with Gasteiger partial charge >= 0.3 is 0 Å². The minimum atomic E-state index is 0.387. The first-order valence-electron chi connectivity index (χ1n) is 7.31. The van der Waals surface area contributed by atoms with Crippen LogP contribution in [0.25, 0.3) is 0 Å². The van der Waals surface area contributed by atoms with Crippen LogP contribution in [0.5, 0.6) is 0 Å². The summed E-state index contributed by atoms with van der Waals surface area (Å²) in [5.74, 6) is 1.55. The minimum absolute atomic E-state index is 0.387. The molecule has 2 heterocycles. The highest BCUT2D eigenvalue weighted by atomic mass is 15.2. The molecule has 1 saturated carbocycles. The summed E-state index contributed by atoms with van der Waals surface area (Å²) in [4.78, 5) is 8.64. The van der Waals surface area contributed by atoms with Crippen LogP contribution in [0.15, 0.2) is 24.5 Å². The van der Waals surface area contributed by atoms with Crippen molar-refractivity contribution in [1.29, 1.82) is 0 Å². The Balaban J connectivity index is 1.53. The van der Waals surface area contributed by atoms with Crippen molar-refractivity contribution in [2.24, 2.45) is 0 Å². The average molecular weight is 284 g/mol. The molecule has 0 amide bonds. The van der Waals surface area contributed by atoms with Crippen molar-refractivity contribution in [1.82, 2.24) is 20.2 Å². The van der Waals surface area contributed by atoms with E-state index in [-0.39, 0.29) is 0 Å². The lowest BCUT2D eigenvalue weighted by Crippen LogP contribution is -2.22. The predicted molar refractivity (Wildman–Crippen MR) is 82.2 cm³/mol. The number of aromatic nitrogens is 4. The first kappa shape index (κ1) is 13.7. The maximum Gasteiger partial charge on any atom is 0.242 e. The number of nitrogens with zero attached hydrogens (tertiary/aromatic N) is 4. The Morgan fingerprint density at radius 3 is 2.43 bits per heavy atom. The number of nitrogens with one attached hydrogen (secondary N) is 2. The van der Waals surface area contributed by atoms with E-state index in [9.17, 15) is 0 Å². The van der Waals surface area contributed by atoms with E-state index in [4.69, 9.17) is 0 Å². The van der Waals surface area contributed by atoms with Gasteiger partial charge in [0.25, 0.3) is 0 Å². The van der Waals surface area contributed by atoms with Crippen molar-refractivity contribution in [2.75, 3.05) is 10.6 Å². The normalized spacial score (nSPS) is 21.2. The highest BCUT2D eigenvalue weighted by molar-refractivity contribution is 5.37. The molecule has 110 valence electrons. The standard InChI is InChI=1S/C15H20N6/c1-10-3-6-14(16-8-10)18-12-4-5-13(7-12)19-15-17-9-11(2)20-21-15/h3,6,8-9,12-13H,4-5,7H2,1-2H3,(H,16,18)(H,17,19,21)/t12-,13-/m0/s1. The van der Waals surface area contributed by atoms with Gasteiger partial charge in [0.05, 0.1) is 11.9 Å². The predicted octanol–water partition coefficient (Wildman–Crippen LogP) is 2.33. The molecule has 2 atom stereocenters. The summed E-state index contributed by atoms with van der Waals surface area (Å²) in [6, 6.07) is 4.93. The summed E-state index contributed by atoms with van der Waals surface area (Å²) in [7, 11) is 0. The van der Waals surface area contributed by atoms with E-state index < -0.39 is 0 Å². The van der Waals surface area contributed by atoms with Gasteiger partial charge in [-0.05, 0) is 44.7 Å². The van der Waals surface area contributed by atoms with Gasteiger partial charge in [-0.3, -0.25) is 0 Å². The van der Waals surface area contributed by atoms with Gasteiger partial charge in [0.2, 0.25) is 5.95 Å². The second-order valence-electron chi connectivity index (χ2n) is 5.64. The third-order valence-electron chi connectivity index (χ3n) is 3.71. The average Bonchev–Trinajstić information content (AvgIpc) is 2.91. The topological polar surface area (TPSA) is 75.6 Å². The van der Waals surface area contributed by atoms with Crippen molar-refractivity contribution < 1.29 is 0 Å². The fourth-order valence-corrected chi connectivity index (χ4v) is 2.59. The fraction of sp³-hybridized carbons (Fsp3) is 0.467. The molecular weight excluding hydrogens is 264 g/mol. The number of rotatable bonds is 4. The lowest BCUT2D eigenvalue weighted by molar-refractivity contribution is 0.712. The number of hydrogen-bond acceptors (Lipinski definition) is 6. The van der Waals surface area contributed by atoms with Gasteiger partial charge in [0.1, 0.15) is 5.82 Å². The van der Waals surface area contributed by atoms with E-state index in [0.29, 0.717) is 18.0 Å². The maximum atomic E-state index is 4.39. The van der Waals surface area contributed by atoms with E-state index in [1.165, 1.54) is 5.56 Å². The van der Waals surface area contributed by atoms with Crippen molar-refractivity contribution in [2.45, 2.75) is 45.2 Å². The molecule has 2 N–H and O–H groups in total. The summed E-state index contributed by atoms with van der Waals surface area (Å²) in [5.41, 5.74) is 2.01. The molecular formula is C15H20N6. The molecule has 2 aromatic rings. The van der Waals surface area contributed by atoms with Gasteiger partial charge < -0.3 is 10.6 Å². The van der Waals surface area contributed by atoms with Gasteiger partial charge in [-0.1, -0.05) is 6.07 Å². The molecule has 1 fully saturated rings. The van der Waals surface area contributed by atoms with E-state index in [1.54, 1.807) is 6.20 Å². The van der Waals surface area contributed by atoms with Crippen LogP contribution >= 0.6 is 0 Å². The largest absolute Gasteiger partial charge is 0.367 e. The number of aryl methyl sites for hydroxylation is 2. The van der Waals surface area contributed by atoms with Crippen LogP contribution in [0.3, 0.4) is 0 Å². The Bertz CT molecular complexity index is 527. The molecule has 6 heteroatoms. The van der Waals surface area contributed by atoms with Crippen LogP contribution in [0.1, 0.15) is 30.5 Å². The molecule has 0 aromatic carbocycles. The summed E-state index contributed by atoms with van der Waals surface area (Å²) in [6.07, 6.45) is 6.87. The second kappa shape index (κ2) is 6.03. The second-order valence-corrected chi connectivity index (χ2v) is 5.64. The molecule has 3 rings (SSSR count). The molecule has 2 aromatic heterocycles. The van der Waals surface area contributed by atoms with Gasteiger partial charge in [-0.25, -0.2) is 9.97 Å². The number of anilines is 2. The molecule has 0 radical (unpaired) electrons. The van der Waals surface area contributed by atoms with Gasteiger partial charge in [0.15, 0.2) is 0 Å². The van der Waals surface area contributed by atoms with Crippen LogP contribution in [-0.2, 0) is 0 Å². The highest BCUT2D eigenvalue weighted by Gasteiger charge is 2.25. The van der Waals surface area contributed by atoms with Crippen LogP contribution in [0.2, 0.25) is 0 Å². The molecule has 21 heavy (non-hydrogen) atoms. The van der Waals surface area contributed by atoms with Gasteiger partial charge in [-0.15, -0.1) is 5.10 Å². The molecule has 1 aliphatic rings. The third-order valence-corrected chi connectivity index (χ3v) is 3.71. The molecule has 1 aliphatic carbocycles. The Morgan fingerprint density at radius 1 is 0.952 bits per heavy atom. The smallest absolute Gasteiger partial charge is 0.242 e. The van der Waals surface area contributed by atoms with Crippen LogP contribution in [0, 0.1) is 13.8 Å². The first-order valence-corrected chi connectivity index (χ1v) is 7.31. The van der Waals surface area contributed by atoms with Gasteiger partial charge in [0, 0.05) is 18.3 Å². The summed E-state index contributed by atoms with van der Waals surface area (Å²) in [5, 5.41) is 14.9. The zero-order chi connectivity index (χ0) is 14.7. The molecule has 0 bridgehead atoms. The molecule has 6 nitrogen and oxygen atoms in total. The van der Waals surface area contributed by atoms with Crippen molar-refractivity contribution in [3.05, 3.63) is 35.8 Å². The fourth-order valence-electron chi connectivity index (χ4n) is 2.59.